The van der Waals surface area contributed by atoms with Crippen LogP contribution in [0.4, 0.5) is 0 Å². The number of hydrogen-bond acceptors (Lipinski definition) is 1. The average molecular weight is 264 g/mol. The van der Waals surface area contributed by atoms with E-state index in [-0.39, 0.29) is 14.9 Å². The Morgan fingerprint density at radius 3 is 2.39 bits per heavy atom. The van der Waals surface area contributed by atoms with Crippen molar-refractivity contribution >= 4 is 17.1 Å². The van der Waals surface area contributed by atoms with E-state index >= 15 is 0 Å². The van der Waals surface area contributed by atoms with Gasteiger partial charge in [-0.3, -0.25) is 0 Å². The minimum Gasteiger partial charge on any atom is -0.0894 e. The number of rotatable bonds is 3. The van der Waals surface area contributed by atoms with Gasteiger partial charge in [0.2, 0.25) is 0 Å². The minimum absolute atomic E-state index is 0. The molecule has 0 spiro atoms. The molecule has 0 N–H and O–H groups in total. The molecule has 3 unspecified atom stereocenters. The summed E-state index contributed by atoms with van der Waals surface area (Å²) in [5.41, 5.74) is 1.47. The molecule has 0 aromatic heterocycles. The van der Waals surface area contributed by atoms with Crippen molar-refractivity contribution in [3.63, 3.8) is 0 Å². The van der Waals surface area contributed by atoms with Crippen LogP contribution in [0, 0.1) is 11.8 Å². The molecule has 0 aliphatic heterocycles. The van der Waals surface area contributed by atoms with E-state index in [4.69, 9.17) is 12.2 Å². The molecule has 0 nitrogen and oxygen atoms in total. The van der Waals surface area contributed by atoms with E-state index < -0.39 is 0 Å². The number of benzene rings is 1. The fraction of sp³-hybridized carbons (Fsp3) is 0.588. The summed E-state index contributed by atoms with van der Waals surface area (Å²) < 4.78 is 0. The molecule has 0 bridgehead atoms. The van der Waals surface area contributed by atoms with Crippen molar-refractivity contribution in [2.45, 2.75) is 53.9 Å². The molecule has 1 aromatic carbocycles. The Hall–Kier alpha value is -0.690. The topological polar surface area (TPSA) is 0 Å². The zero-order chi connectivity index (χ0) is 11.5. The lowest BCUT2D eigenvalue weighted by Crippen LogP contribution is -2.18. The molecule has 3 atom stereocenters. The van der Waals surface area contributed by atoms with Crippen molar-refractivity contribution in [1.29, 1.82) is 0 Å². The third-order valence-corrected chi connectivity index (χ3v) is 4.57. The molecule has 18 heavy (non-hydrogen) atoms. The fourth-order valence-corrected chi connectivity index (χ4v) is 3.53. The van der Waals surface area contributed by atoms with Gasteiger partial charge in [-0.1, -0.05) is 71.3 Å². The summed E-state index contributed by atoms with van der Waals surface area (Å²) >= 11 is 5.49. The second-order valence-corrected chi connectivity index (χ2v) is 5.41. The molecule has 1 aromatic rings. The normalized spacial score (nSPS) is 24.0. The fourth-order valence-electron chi connectivity index (χ4n) is 3.07. The third kappa shape index (κ3) is 3.41. The Bertz CT molecular complexity index is 355. The molecule has 1 fully saturated rings. The zero-order valence-corrected chi connectivity index (χ0v) is 11.0. The summed E-state index contributed by atoms with van der Waals surface area (Å²) in [5, 5.41) is 0. The van der Waals surface area contributed by atoms with Gasteiger partial charge in [-0.15, -0.1) is 0 Å². The SMILES string of the molecule is C.C.CCC1C(=S)CCC1C(C)c1ccccc1. The van der Waals surface area contributed by atoms with E-state index in [1.807, 2.05) is 0 Å². The molecule has 102 valence electrons. The van der Waals surface area contributed by atoms with Gasteiger partial charge in [0.05, 0.1) is 0 Å². The third-order valence-electron chi connectivity index (χ3n) is 4.06. The van der Waals surface area contributed by atoms with Crippen LogP contribution in [0.2, 0.25) is 0 Å². The van der Waals surface area contributed by atoms with Gasteiger partial charge in [0, 0.05) is 0 Å². The Balaban J connectivity index is 0.00000144. The van der Waals surface area contributed by atoms with Crippen LogP contribution in [0.1, 0.15) is 59.4 Å². The second kappa shape index (κ2) is 7.68. The molecule has 0 radical (unpaired) electrons. The van der Waals surface area contributed by atoms with Crippen molar-refractivity contribution in [1.82, 2.24) is 0 Å². The molecular weight excluding hydrogens is 236 g/mol. The van der Waals surface area contributed by atoms with E-state index in [2.05, 4.69) is 44.2 Å². The van der Waals surface area contributed by atoms with Gasteiger partial charge in [0.15, 0.2) is 0 Å². The first-order chi connectivity index (χ1) is 7.74. The predicted octanol–water partition coefficient (Wildman–Crippen LogP) is 5.87. The quantitative estimate of drug-likeness (QED) is 0.615. The zero-order valence-electron chi connectivity index (χ0n) is 10.1. The van der Waals surface area contributed by atoms with E-state index in [9.17, 15) is 0 Å². The Labute approximate surface area is 119 Å². The van der Waals surface area contributed by atoms with Crippen LogP contribution < -0.4 is 0 Å². The highest BCUT2D eigenvalue weighted by molar-refractivity contribution is 7.80. The van der Waals surface area contributed by atoms with Gasteiger partial charge in [0.25, 0.3) is 0 Å². The maximum atomic E-state index is 5.49. The lowest BCUT2D eigenvalue weighted by atomic mass is 9.80. The van der Waals surface area contributed by atoms with Gasteiger partial charge in [-0.05, 0) is 47.4 Å². The highest BCUT2D eigenvalue weighted by atomic mass is 32.1. The van der Waals surface area contributed by atoms with E-state index in [0.717, 1.165) is 12.3 Å². The molecule has 0 saturated heterocycles. The summed E-state index contributed by atoms with van der Waals surface area (Å²) in [6.45, 7) is 4.63. The largest absolute Gasteiger partial charge is 0.0894 e. The summed E-state index contributed by atoms with van der Waals surface area (Å²) in [6, 6.07) is 10.9. The molecular formula is C17H28S. The van der Waals surface area contributed by atoms with E-state index in [1.165, 1.54) is 23.3 Å². The van der Waals surface area contributed by atoms with Gasteiger partial charge in [-0.25, -0.2) is 0 Å². The van der Waals surface area contributed by atoms with Crippen LogP contribution in [0.25, 0.3) is 0 Å². The van der Waals surface area contributed by atoms with Crippen molar-refractivity contribution in [3.8, 4) is 0 Å². The molecule has 0 amide bonds. The molecule has 2 rings (SSSR count). The Morgan fingerprint density at radius 1 is 1.22 bits per heavy atom. The molecule has 1 heteroatoms. The lowest BCUT2D eigenvalue weighted by molar-refractivity contribution is 0.370. The van der Waals surface area contributed by atoms with Crippen molar-refractivity contribution in [2.24, 2.45) is 11.8 Å². The van der Waals surface area contributed by atoms with Crippen LogP contribution in [0.3, 0.4) is 0 Å². The number of thiocarbonyl (C=S) groups is 1. The monoisotopic (exact) mass is 264 g/mol. The summed E-state index contributed by atoms with van der Waals surface area (Å²) in [7, 11) is 0. The summed E-state index contributed by atoms with van der Waals surface area (Å²) in [4.78, 5) is 1.32. The average Bonchev–Trinajstić information content (AvgIpc) is 2.70. The lowest BCUT2D eigenvalue weighted by Gasteiger charge is -2.25. The molecule has 1 aliphatic carbocycles. The van der Waals surface area contributed by atoms with Gasteiger partial charge in [0.1, 0.15) is 0 Å². The van der Waals surface area contributed by atoms with Gasteiger partial charge in [-0.2, -0.15) is 0 Å². The van der Waals surface area contributed by atoms with Crippen LogP contribution in [0.15, 0.2) is 30.3 Å². The maximum Gasteiger partial charge on any atom is -0.00376 e. The molecule has 1 aliphatic rings. The predicted molar refractivity (Wildman–Crippen MR) is 87.4 cm³/mol. The Kier molecular flexibility index (Phi) is 7.39. The van der Waals surface area contributed by atoms with Crippen LogP contribution in [-0.2, 0) is 0 Å². The Morgan fingerprint density at radius 2 is 1.83 bits per heavy atom. The standard InChI is InChI=1S/C15H20S.2CH4/c1-3-13-14(9-10-15(13)16)11(2)12-7-5-4-6-8-12;;/h4-8,11,13-14H,3,9-10H2,1-2H3;2*1H4. The van der Waals surface area contributed by atoms with Crippen LogP contribution in [-0.4, -0.2) is 4.86 Å². The highest BCUT2D eigenvalue weighted by Gasteiger charge is 2.34. The molecule has 1 saturated carbocycles. The highest BCUT2D eigenvalue weighted by Crippen LogP contribution is 2.41. The van der Waals surface area contributed by atoms with E-state index in [0.29, 0.717) is 11.8 Å². The maximum absolute atomic E-state index is 5.49. The van der Waals surface area contributed by atoms with Crippen molar-refractivity contribution in [2.75, 3.05) is 0 Å². The first kappa shape index (κ1) is 17.3. The van der Waals surface area contributed by atoms with Crippen LogP contribution >= 0.6 is 12.2 Å². The second-order valence-electron chi connectivity index (χ2n) is 4.88. The smallest absolute Gasteiger partial charge is 0.00376 e. The number of hydrogen-bond donors (Lipinski definition) is 0. The first-order valence-electron chi connectivity index (χ1n) is 6.31. The summed E-state index contributed by atoms with van der Waals surface area (Å²) in [6.07, 6.45) is 3.66. The minimum atomic E-state index is 0. The first-order valence-corrected chi connectivity index (χ1v) is 6.72. The molecule has 0 heterocycles. The van der Waals surface area contributed by atoms with E-state index in [1.54, 1.807) is 0 Å². The van der Waals surface area contributed by atoms with Crippen molar-refractivity contribution < 1.29 is 0 Å². The van der Waals surface area contributed by atoms with Gasteiger partial charge < -0.3 is 0 Å². The van der Waals surface area contributed by atoms with Crippen molar-refractivity contribution in [3.05, 3.63) is 35.9 Å². The summed E-state index contributed by atoms with van der Waals surface area (Å²) in [5.74, 6) is 2.08. The van der Waals surface area contributed by atoms with Gasteiger partial charge >= 0.3 is 0 Å². The van der Waals surface area contributed by atoms with Crippen LogP contribution in [0.5, 0.6) is 0 Å².